The number of aromatic nitrogens is 2. The van der Waals surface area contributed by atoms with Gasteiger partial charge in [-0.05, 0) is 18.4 Å². The number of carbonyl (C=O) groups is 1. The van der Waals surface area contributed by atoms with Gasteiger partial charge in [0, 0.05) is 6.42 Å². The largest absolute Gasteiger partial charge is 0.299 e. The molecule has 0 aliphatic heterocycles. The number of Topliss-reactive ketones (excluding diaryl/α,β-unsaturated/α-hetero) is 1. The standard InChI is InChI=1S/C11H12N2OS/c1-3-9(14)7(2)10-11-8(4-5-15-11)12-6-13-10/h4-7H,3H2,1-2H3. The molecule has 0 bridgehead atoms. The second kappa shape index (κ2) is 4.06. The Morgan fingerprint density at radius 3 is 3.07 bits per heavy atom. The minimum atomic E-state index is -0.126. The second-order valence-corrected chi connectivity index (χ2v) is 4.35. The van der Waals surface area contributed by atoms with Crippen LogP contribution in [0, 0.1) is 0 Å². The van der Waals surface area contributed by atoms with Crippen LogP contribution in [0.1, 0.15) is 31.9 Å². The smallest absolute Gasteiger partial charge is 0.141 e. The maximum absolute atomic E-state index is 11.6. The van der Waals surface area contributed by atoms with E-state index >= 15 is 0 Å². The van der Waals surface area contributed by atoms with Crippen LogP contribution in [-0.2, 0) is 4.79 Å². The summed E-state index contributed by atoms with van der Waals surface area (Å²) in [5.74, 6) is 0.0996. The minimum Gasteiger partial charge on any atom is -0.299 e. The first-order valence-electron chi connectivity index (χ1n) is 4.94. The van der Waals surface area contributed by atoms with Gasteiger partial charge < -0.3 is 0 Å². The third-order valence-electron chi connectivity index (χ3n) is 2.51. The number of hydrogen-bond donors (Lipinski definition) is 0. The molecule has 2 heterocycles. The van der Waals surface area contributed by atoms with E-state index in [0.717, 1.165) is 15.9 Å². The fourth-order valence-corrected chi connectivity index (χ4v) is 2.50. The Hall–Kier alpha value is -1.29. The van der Waals surface area contributed by atoms with E-state index in [1.165, 1.54) is 6.33 Å². The molecule has 3 nitrogen and oxygen atoms in total. The van der Waals surface area contributed by atoms with Crippen molar-refractivity contribution in [2.24, 2.45) is 0 Å². The van der Waals surface area contributed by atoms with E-state index in [1.807, 2.05) is 25.3 Å². The Balaban J connectivity index is 2.51. The van der Waals surface area contributed by atoms with Crippen molar-refractivity contribution >= 4 is 27.3 Å². The third-order valence-corrected chi connectivity index (χ3v) is 3.44. The highest BCUT2D eigenvalue weighted by atomic mass is 32.1. The van der Waals surface area contributed by atoms with Crippen molar-refractivity contribution in [2.75, 3.05) is 0 Å². The van der Waals surface area contributed by atoms with Gasteiger partial charge in [0.2, 0.25) is 0 Å². The summed E-state index contributed by atoms with van der Waals surface area (Å²) >= 11 is 1.59. The zero-order valence-electron chi connectivity index (χ0n) is 8.73. The molecule has 0 spiro atoms. The average molecular weight is 220 g/mol. The lowest BCUT2D eigenvalue weighted by molar-refractivity contribution is -0.119. The number of thiophene rings is 1. The minimum absolute atomic E-state index is 0.126. The highest BCUT2D eigenvalue weighted by molar-refractivity contribution is 7.17. The summed E-state index contributed by atoms with van der Waals surface area (Å²) in [5, 5.41) is 1.98. The molecule has 0 N–H and O–H groups in total. The van der Waals surface area contributed by atoms with E-state index in [9.17, 15) is 4.79 Å². The second-order valence-electron chi connectivity index (χ2n) is 3.44. The quantitative estimate of drug-likeness (QED) is 0.798. The van der Waals surface area contributed by atoms with Crippen molar-refractivity contribution < 1.29 is 4.79 Å². The van der Waals surface area contributed by atoms with Gasteiger partial charge in [-0.15, -0.1) is 11.3 Å². The van der Waals surface area contributed by atoms with Crippen LogP contribution in [0.3, 0.4) is 0 Å². The summed E-state index contributed by atoms with van der Waals surface area (Å²) in [6.07, 6.45) is 2.09. The van der Waals surface area contributed by atoms with Crippen LogP contribution >= 0.6 is 11.3 Å². The molecule has 0 saturated heterocycles. The lowest BCUT2D eigenvalue weighted by Gasteiger charge is -2.08. The fraction of sp³-hybridized carbons (Fsp3) is 0.364. The monoisotopic (exact) mass is 220 g/mol. The summed E-state index contributed by atoms with van der Waals surface area (Å²) in [4.78, 5) is 20.0. The molecule has 2 aromatic heterocycles. The van der Waals surface area contributed by atoms with Crippen LogP contribution in [0.25, 0.3) is 10.2 Å². The van der Waals surface area contributed by atoms with Gasteiger partial charge >= 0.3 is 0 Å². The van der Waals surface area contributed by atoms with Crippen molar-refractivity contribution in [3.63, 3.8) is 0 Å². The van der Waals surface area contributed by atoms with Gasteiger partial charge in [-0.3, -0.25) is 4.79 Å². The van der Waals surface area contributed by atoms with Crippen molar-refractivity contribution in [1.82, 2.24) is 9.97 Å². The van der Waals surface area contributed by atoms with Gasteiger partial charge in [0.25, 0.3) is 0 Å². The summed E-state index contributed by atoms with van der Waals surface area (Å²) in [5.41, 5.74) is 1.79. The Labute approximate surface area is 92.2 Å². The van der Waals surface area contributed by atoms with Crippen LogP contribution in [0.4, 0.5) is 0 Å². The Morgan fingerprint density at radius 1 is 1.53 bits per heavy atom. The van der Waals surface area contributed by atoms with Gasteiger partial charge in [0.1, 0.15) is 12.1 Å². The molecule has 0 aliphatic rings. The van der Waals surface area contributed by atoms with Gasteiger partial charge in [-0.1, -0.05) is 6.92 Å². The van der Waals surface area contributed by atoms with Crippen LogP contribution in [-0.4, -0.2) is 15.8 Å². The molecular formula is C11H12N2OS. The van der Waals surface area contributed by atoms with Crippen LogP contribution in [0.2, 0.25) is 0 Å². The topological polar surface area (TPSA) is 42.9 Å². The van der Waals surface area contributed by atoms with E-state index in [2.05, 4.69) is 9.97 Å². The van der Waals surface area contributed by atoms with E-state index in [4.69, 9.17) is 0 Å². The molecular weight excluding hydrogens is 208 g/mol. The molecule has 0 aromatic carbocycles. The molecule has 1 unspecified atom stereocenters. The molecule has 0 aliphatic carbocycles. The molecule has 4 heteroatoms. The molecule has 0 amide bonds. The summed E-state index contributed by atoms with van der Waals surface area (Å²) in [7, 11) is 0. The Morgan fingerprint density at radius 2 is 2.33 bits per heavy atom. The SMILES string of the molecule is CCC(=O)C(C)c1ncnc2ccsc12. The highest BCUT2D eigenvalue weighted by Gasteiger charge is 2.18. The molecule has 2 aromatic rings. The summed E-state index contributed by atoms with van der Waals surface area (Å²) < 4.78 is 1.03. The highest BCUT2D eigenvalue weighted by Crippen LogP contribution is 2.27. The summed E-state index contributed by atoms with van der Waals surface area (Å²) in [6.45, 7) is 3.79. The molecule has 1 atom stereocenters. The van der Waals surface area contributed by atoms with E-state index in [-0.39, 0.29) is 11.7 Å². The van der Waals surface area contributed by atoms with Crippen LogP contribution in [0.5, 0.6) is 0 Å². The molecule has 0 fully saturated rings. The first-order valence-corrected chi connectivity index (χ1v) is 5.82. The zero-order valence-corrected chi connectivity index (χ0v) is 9.54. The van der Waals surface area contributed by atoms with E-state index < -0.39 is 0 Å². The summed E-state index contributed by atoms with van der Waals surface area (Å²) in [6, 6.07) is 1.95. The van der Waals surface area contributed by atoms with E-state index in [0.29, 0.717) is 6.42 Å². The molecule has 0 saturated carbocycles. The first-order chi connectivity index (χ1) is 7.24. The number of rotatable bonds is 3. The van der Waals surface area contributed by atoms with Crippen molar-refractivity contribution in [2.45, 2.75) is 26.2 Å². The number of nitrogens with zero attached hydrogens (tertiary/aromatic N) is 2. The van der Waals surface area contributed by atoms with Gasteiger partial charge in [-0.25, -0.2) is 9.97 Å². The number of carbonyl (C=O) groups excluding carboxylic acids is 1. The van der Waals surface area contributed by atoms with Crippen molar-refractivity contribution in [3.05, 3.63) is 23.5 Å². The lowest BCUT2D eigenvalue weighted by Crippen LogP contribution is -2.09. The molecule has 78 valence electrons. The van der Waals surface area contributed by atoms with Gasteiger partial charge in [0.05, 0.1) is 21.8 Å². The fourth-order valence-electron chi connectivity index (χ4n) is 1.57. The maximum Gasteiger partial charge on any atom is 0.141 e. The normalized spacial score (nSPS) is 12.9. The Kier molecular flexibility index (Phi) is 2.77. The third kappa shape index (κ3) is 1.77. The van der Waals surface area contributed by atoms with Crippen molar-refractivity contribution in [1.29, 1.82) is 0 Å². The maximum atomic E-state index is 11.6. The molecule has 2 rings (SSSR count). The lowest BCUT2D eigenvalue weighted by atomic mass is 10.0. The van der Waals surface area contributed by atoms with E-state index in [1.54, 1.807) is 11.3 Å². The number of hydrogen-bond acceptors (Lipinski definition) is 4. The predicted molar refractivity (Wildman–Crippen MR) is 61.1 cm³/mol. The number of ketones is 1. The van der Waals surface area contributed by atoms with Crippen LogP contribution < -0.4 is 0 Å². The predicted octanol–water partition coefficient (Wildman–Crippen LogP) is 2.77. The number of fused-ring (bicyclic) bond motifs is 1. The van der Waals surface area contributed by atoms with Gasteiger partial charge in [-0.2, -0.15) is 0 Å². The van der Waals surface area contributed by atoms with Crippen molar-refractivity contribution in [3.8, 4) is 0 Å². The Bertz CT molecular complexity index is 492. The van der Waals surface area contributed by atoms with Crippen LogP contribution in [0.15, 0.2) is 17.8 Å². The van der Waals surface area contributed by atoms with Gasteiger partial charge in [0.15, 0.2) is 0 Å². The molecule has 15 heavy (non-hydrogen) atoms. The first kappa shape index (κ1) is 10.2. The molecule has 0 radical (unpaired) electrons. The zero-order chi connectivity index (χ0) is 10.8. The average Bonchev–Trinajstić information content (AvgIpc) is 2.74.